The molecule has 2 heterocycles. The number of aromatic amines is 1. The Hall–Kier alpha value is -1.36. The number of rotatable bonds is 0. The second-order valence-electron chi connectivity index (χ2n) is 3.79. The van der Waals surface area contributed by atoms with Gasteiger partial charge < -0.3 is 10.3 Å². The summed E-state index contributed by atoms with van der Waals surface area (Å²) in [5.74, 6) is -0.482. The van der Waals surface area contributed by atoms with Crippen molar-refractivity contribution in [3.05, 3.63) is 33.7 Å². The molecule has 0 atom stereocenters. The molecule has 82 valence electrons. The van der Waals surface area contributed by atoms with Gasteiger partial charge in [-0.1, -0.05) is 0 Å². The maximum Gasteiger partial charge on any atom is 0.253 e. The molecule has 0 bridgehead atoms. The van der Waals surface area contributed by atoms with E-state index in [0.29, 0.717) is 22.0 Å². The molecule has 0 radical (unpaired) electrons. The summed E-state index contributed by atoms with van der Waals surface area (Å²) >= 11 is 3.29. The zero-order chi connectivity index (χ0) is 11.3. The summed E-state index contributed by atoms with van der Waals surface area (Å²) in [7, 11) is 0. The SMILES string of the molecule is O=C1NCCc2[nH]c3c(Br)cc(F)cc3c21. The highest BCUT2D eigenvalue weighted by molar-refractivity contribution is 9.10. The highest BCUT2D eigenvalue weighted by Gasteiger charge is 2.23. The van der Waals surface area contributed by atoms with E-state index in [2.05, 4.69) is 26.2 Å². The molecule has 0 aliphatic carbocycles. The molecule has 0 unspecified atom stereocenters. The zero-order valence-corrected chi connectivity index (χ0v) is 9.82. The third-order valence-corrected chi connectivity index (χ3v) is 3.42. The topological polar surface area (TPSA) is 44.9 Å². The van der Waals surface area contributed by atoms with Crippen molar-refractivity contribution < 1.29 is 9.18 Å². The lowest BCUT2D eigenvalue weighted by Crippen LogP contribution is -2.31. The van der Waals surface area contributed by atoms with E-state index in [9.17, 15) is 9.18 Å². The number of hydrogen-bond acceptors (Lipinski definition) is 1. The van der Waals surface area contributed by atoms with Crippen molar-refractivity contribution in [2.45, 2.75) is 6.42 Å². The lowest BCUT2D eigenvalue weighted by atomic mass is 10.1. The fourth-order valence-electron chi connectivity index (χ4n) is 2.11. The van der Waals surface area contributed by atoms with Crippen molar-refractivity contribution in [3.8, 4) is 0 Å². The van der Waals surface area contributed by atoms with Gasteiger partial charge in [-0.3, -0.25) is 4.79 Å². The average Bonchev–Trinajstić information content (AvgIpc) is 2.58. The number of halogens is 2. The molecule has 0 saturated heterocycles. The molecule has 1 aromatic heterocycles. The summed E-state index contributed by atoms with van der Waals surface area (Å²) in [4.78, 5) is 14.9. The summed E-state index contributed by atoms with van der Waals surface area (Å²) in [6.45, 7) is 0.624. The Balaban J connectivity index is 2.42. The molecule has 3 rings (SSSR count). The van der Waals surface area contributed by atoms with Crippen LogP contribution in [0.2, 0.25) is 0 Å². The zero-order valence-electron chi connectivity index (χ0n) is 8.23. The average molecular weight is 283 g/mol. The molecule has 0 saturated carbocycles. The third-order valence-electron chi connectivity index (χ3n) is 2.79. The molecule has 16 heavy (non-hydrogen) atoms. The highest BCUT2D eigenvalue weighted by atomic mass is 79.9. The van der Waals surface area contributed by atoms with Gasteiger partial charge in [-0.05, 0) is 28.1 Å². The van der Waals surface area contributed by atoms with E-state index < -0.39 is 0 Å². The van der Waals surface area contributed by atoms with Crippen LogP contribution in [0, 0.1) is 5.82 Å². The molecule has 3 nitrogen and oxygen atoms in total. The predicted molar refractivity (Wildman–Crippen MR) is 62.0 cm³/mol. The van der Waals surface area contributed by atoms with E-state index in [4.69, 9.17) is 0 Å². The minimum Gasteiger partial charge on any atom is -0.357 e. The lowest BCUT2D eigenvalue weighted by Gasteiger charge is -2.11. The van der Waals surface area contributed by atoms with Crippen LogP contribution < -0.4 is 5.32 Å². The lowest BCUT2D eigenvalue weighted by molar-refractivity contribution is 0.0947. The van der Waals surface area contributed by atoms with E-state index in [1.54, 1.807) is 0 Å². The van der Waals surface area contributed by atoms with Crippen LogP contribution in [0.3, 0.4) is 0 Å². The van der Waals surface area contributed by atoms with Crippen molar-refractivity contribution in [2.75, 3.05) is 6.54 Å². The monoisotopic (exact) mass is 282 g/mol. The van der Waals surface area contributed by atoms with E-state index in [1.807, 2.05) is 0 Å². The third kappa shape index (κ3) is 1.28. The van der Waals surface area contributed by atoms with Crippen LogP contribution in [-0.2, 0) is 6.42 Å². The number of nitrogens with one attached hydrogen (secondary N) is 2. The molecule has 0 fully saturated rings. The maximum absolute atomic E-state index is 13.3. The Morgan fingerprint density at radius 3 is 3.00 bits per heavy atom. The van der Waals surface area contributed by atoms with Crippen LogP contribution in [0.15, 0.2) is 16.6 Å². The maximum atomic E-state index is 13.3. The summed E-state index contributed by atoms with van der Waals surface area (Å²) in [5, 5.41) is 3.40. The standard InChI is InChI=1S/C11H8BrFN2O/c12-7-4-5(13)3-6-9-8(15-10(6)7)1-2-14-11(9)16/h3-4,15H,1-2H2,(H,14,16). The molecule has 2 N–H and O–H groups in total. The van der Waals surface area contributed by atoms with Crippen molar-refractivity contribution in [2.24, 2.45) is 0 Å². The number of carbonyl (C=O) groups is 1. The van der Waals surface area contributed by atoms with Gasteiger partial charge in [0.15, 0.2) is 0 Å². The normalized spacial score (nSPS) is 15.0. The summed E-state index contributed by atoms with van der Waals surface area (Å²) in [5.41, 5.74) is 2.23. The highest BCUT2D eigenvalue weighted by Crippen LogP contribution is 2.30. The van der Waals surface area contributed by atoms with Gasteiger partial charge in [0.25, 0.3) is 5.91 Å². The van der Waals surface area contributed by atoms with E-state index in [-0.39, 0.29) is 11.7 Å². The number of amides is 1. The second-order valence-corrected chi connectivity index (χ2v) is 4.65. The minimum atomic E-state index is -0.348. The first-order chi connectivity index (χ1) is 7.66. The Labute approximate surface area is 99.2 Å². The quantitative estimate of drug-likeness (QED) is 0.766. The molecule has 1 aromatic carbocycles. The fraction of sp³-hybridized carbons (Fsp3) is 0.182. The number of aromatic nitrogens is 1. The van der Waals surface area contributed by atoms with E-state index in [1.165, 1.54) is 12.1 Å². The Morgan fingerprint density at radius 1 is 1.38 bits per heavy atom. The predicted octanol–water partition coefficient (Wildman–Crippen LogP) is 2.36. The summed E-state index contributed by atoms with van der Waals surface area (Å²) in [6.07, 6.45) is 0.754. The fourth-order valence-corrected chi connectivity index (χ4v) is 2.64. The van der Waals surface area contributed by atoms with Crippen LogP contribution in [-0.4, -0.2) is 17.4 Å². The molecule has 1 aliphatic heterocycles. The molecular weight excluding hydrogens is 275 g/mol. The first-order valence-corrected chi connectivity index (χ1v) is 5.74. The number of benzene rings is 1. The van der Waals surface area contributed by atoms with Gasteiger partial charge in [-0.2, -0.15) is 0 Å². The van der Waals surface area contributed by atoms with Gasteiger partial charge in [0.05, 0.1) is 11.1 Å². The van der Waals surface area contributed by atoms with Gasteiger partial charge in [-0.25, -0.2) is 4.39 Å². The second kappa shape index (κ2) is 3.31. The molecule has 1 aliphatic rings. The van der Waals surface area contributed by atoms with Crippen molar-refractivity contribution in [1.82, 2.24) is 10.3 Å². The summed E-state index contributed by atoms with van der Waals surface area (Å²) in [6, 6.07) is 2.78. The first kappa shape index (κ1) is 9.84. The van der Waals surface area contributed by atoms with Crippen LogP contribution in [0.5, 0.6) is 0 Å². The molecule has 0 spiro atoms. The van der Waals surface area contributed by atoms with Gasteiger partial charge in [0.1, 0.15) is 5.82 Å². The molecular formula is C11H8BrFN2O. The van der Waals surface area contributed by atoms with Gasteiger partial charge >= 0.3 is 0 Å². The van der Waals surface area contributed by atoms with Crippen LogP contribution in [0.4, 0.5) is 4.39 Å². The molecule has 5 heteroatoms. The van der Waals surface area contributed by atoms with Crippen molar-refractivity contribution in [1.29, 1.82) is 0 Å². The number of hydrogen-bond donors (Lipinski definition) is 2. The minimum absolute atomic E-state index is 0.134. The Bertz CT molecular complexity index is 606. The summed E-state index contributed by atoms with van der Waals surface area (Å²) < 4.78 is 13.9. The number of fused-ring (bicyclic) bond motifs is 3. The number of H-pyrrole nitrogens is 1. The van der Waals surface area contributed by atoms with Gasteiger partial charge in [0, 0.05) is 28.5 Å². The van der Waals surface area contributed by atoms with Crippen molar-refractivity contribution in [3.63, 3.8) is 0 Å². The van der Waals surface area contributed by atoms with Crippen molar-refractivity contribution >= 4 is 32.7 Å². The van der Waals surface area contributed by atoms with Crippen LogP contribution >= 0.6 is 15.9 Å². The van der Waals surface area contributed by atoms with Crippen LogP contribution in [0.1, 0.15) is 16.1 Å². The van der Waals surface area contributed by atoms with Crippen LogP contribution in [0.25, 0.3) is 10.9 Å². The Kier molecular flexibility index (Phi) is 2.04. The first-order valence-electron chi connectivity index (χ1n) is 4.94. The molecule has 1 amide bonds. The van der Waals surface area contributed by atoms with E-state index in [0.717, 1.165) is 17.6 Å². The van der Waals surface area contributed by atoms with E-state index >= 15 is 0 Å². The Morgan fingerprint density at radius 2 is 2.19 bits per heavy atom. The van der Waals surface area contributed by atoms with Gasteiger partial charge in [0.2, 0.25) is 0 Å². The molecule has 2 aromatic rings. The smallest absolute Gasteiger partial charge is 0.253 e. The number of carbonyl (C=O) groups excluding carboxylic acids is 1. The largest absolute Gasteiger partial charge is 0.357 e. The van der Waals surface area contributed by atoms with Gasteiger partial charge in [-0.15, -0.1) is 0 Å².